The number of nitrogens with two attached hydrogens (primary N) is 1. The number of halogens is 1. The van der Waals surface area contributed by atoms with E-state index in [2.05, 4.69) is 22.2 Å². The van der Waals surface area contributed by atoms with E-state index in [1.54, 1.807) is 19.1 Å². The number of para-hydroxylation sites is 1. The number of hydrogen-bond donors (Lipinski definition) is 3. The number of carbonyl (C=O) groups is 2. The van der Waals surface area contributed by atoms with Crippen LogP contribution in [0.5, 0.6) is 0 Å². The van der Waals surface area contributed by atoms with Crippen LogP contribution in [0.4, 0.5) is 4.39 Å². The first kappa shape index (κ1) is 20.3. The fourth-order valence-electron chi connectivity index (χ4n) is 3.76. The van der Waals surface area contributed by atoms with Crippen LogP contribution in [0.2, 0.25) is 0 Å². The molecular formula is C20H28FN5O2. The van der Waals surface area contributed by atoms with Crippen molar-refractivity contribution in [2.45, 2.75) is 64.1 Å². The molecule has 2 amide bonds. The number of carbonyl (C=O) groups excluding carboxylic acids is 2. The Bertz CT molecular complexity index is 852. The Hall–Kier alpha value is -2.48. The molecule has 2 aromatic rings. The van der Waals surface area contributed by atoms with Gasteiger partial charge in [0.2, 0.25) is 11.8 Å². The summed E-state index contributed by atoms with van der Waals surface area (Å²) in [6.45, 7) is 4.53. The van der Waals surface area contributed by atoms with Crippen LogP contribution in [0.25, 0.3) is 11.0 Å². The van der Waals surface area contributed by atoms with Crippen molar-refractivity contribution in [1.29, 1.82) is 0 Å². The molecule has 1 aromatic carbocycles. The molecular weight excluding hydrogens is 361 g/mol. The average Bonchev–Trinajstić information content (AvgIpc) is 3.13. The lowest BCUT2D eigenvalue weighted by Crippen LogP contribution is -2.48. The Labute approximate surface area is 163 Å². The molecule has 0 radical (unpaired) electrons. The molecule has 2 heterocycles. The number of nitrogens with one attached hydrogen (secondary N) is 2. The Balaban J connectivity index is 1.59. The Morgan fingerprint density at radius 1 is 1.43 bits per heavy atom. The fraction of sp³-hybridized carbons (Fsp3) is 0.550. The molecule has 0 saturated carbocycles. The number of H-pyrrole nitrogens is 1. The summed E-state index contributed by atoms with van der Waals surface area (Å²) in [7, 11) is 0. The molecule has 0 aliphatic carbocycles. The highest BCUT2D eigenvalue weighted by atomic mass is 19.1. The minimum absolute atomic E-state index is 0.0240. The van der Waals surface area contributed by atoms with Gasteiger partial charge < -0.3 is 20.9 Å². The van der Waals surface area contributed by atoms with Gasteiger partial charge in [-0.25, -0.2) is 9.37 Å². The van der Waals surface area contributed by atoms with E-state index >= 15 is 0 Å². The van der Waals surface area contributed by atoms with Gasteiger partial charge in [0.15, 0.2) is 5.82 Å². The van der Waals surface area contributed by atoms with Crippen molar-refractivity contribution in [2.75, 3.05) is 6.54 Å². The lowest BCUT2D eigenvalue weighted by Gasteiger charge is -2.35. The van der Waals surface area contributed by atoms with Crippen LogP contribution in [0, 0.1) is 5.82 Å². The number of nitrogens with zero attached hydrogens (tertiary/aromatic N) is 2. The van der Waals surface area contributed by atoms with E-state index < -0.39 is 23.8 Å². The lowest BCUT2D eigenvalue weighted by molar-refractivity contribution is -0.137. The number of aromatic amines is 1. The quantitative estimate of drug-likeness (QED) is 0.705. The molecule has 28 heavy (non-hydrogen) atoms. The molecule has 1 aliphatic rings. The van der Waals surface area contributed by atoms with E-state index in [-0.39, 0.29) is 23.9 Å². The molecule has 7 nitrogen and oxygen atoms in total. The normalized spacial score (nSPS) is 19.4. The van der Waals surface area contributed by atoms with Crippen LogP contribution in [0.3, 0.4) is 0 Å². The second-order valence-electron chi connectivity index (χ2n) is 7.44. The summed E-state index contributed by atoms with van der Waals surface area (Å²) in [5.74, 6) is -0.485. The molecule has 2 unspecified atom stereocenters. The van der Waals surface area contributed by atoms with Crippen LogP contribution in [-0.2, 0) is 9.59 Å². The number of hydrogen-bond acceptors (Lipinski definition) is 4. The van der Waals surface area contributed by atoms with Crippen LogP contribution < -0.4 is 11.1 Å². The van der Waals surface area contributed by atoms with Gasteiger partial charge in [-0.05, 0) is 44.7 Å². The number of benzene rings is 1. The lowest BCUT2D eigenvalue weighted by atomic mass is 9.99. The van der Waals surface area contributed by atoms with Gasteiger partial charge in [-0.3, -0.25) is 9.59 Å². The summed E-state index contributed by atoms with van der Waals surface area (Å²) in [6, 6.07) is 3.46. The summed E-state index contributed by atoms with van der Waals surface area (Å²) in [5.41, 5.74) is 6.78. The third-order valence-electron chi connectivity index (χ3n) is 5.40. The number of amides is 2. The summed E-state index contributed by atoms with van der Waals surface area (Å²) in [4.78, 5) is 34.1. The third-order valence-corrected chi connectivity index (χ3v) is 5.40. The maximum atomic E-state index is 13.8. The third kappa shape index (κ3) is 4.32. The summed E-state index contributed by atoms with van der Waals surface area (Å²) in [6.07, 6.45) is 4.01. The minimum atomic E-state index is -0.935. The number of imidazole rings is 1. The molecule has 3 atom stereocenters. The van der Waals surface area contributed by atoms with Gasteiger partial charge in [0.25, 0.3) is 0 Å². The van der Waals surface area contributed by atoms with E-state index in [1.165, 1.54) is 6.07 Å². The van der Waals surface area contributed by atoms with Crippen molar-refractivity contribution in [2.24, 2.45) is 5.73 Å². The predicted molar refractivity (Wildman–Crippen MR) is 105 cm³/mol. The molecule has 1 aromatic heterocycles. The zero-order chi connectivity index (χ0) is 20.3. The number of fused-ring (bicyclic) bond motifs is 1. The predicted octanol–water partition coefficient (Wildman–Crippen LogP) is 2.39. The summed E-state index contributed by atoms with van der Waals surface area (Å²) < 4.78 is 13.8. The monoisotopic (exact) mass is 389 g/mol. The SMILES string of the molecule is CCC1CCCCN1C(=O)CC(N)C(=O)N[C@@H](C)c1nc2c(F)cccc2[nH]1. The topological polar surface area (TPSA) is 104 Å². The van der Waals surface area contributed by atoms with Crippen molar-refractivity contribution in [1.82, 2.24) is 20.2 Å². The van der Waals surface area contributed by atoms with Crippen LogP contribution in [0.15, 0.2) is 18.2 Å². The maximum absolute atomic E-state index is 13.8. The highest BCUT2D eigenvalue weighted by Crippen LogP contribution is 2.21. The second-order valence-corrected chi connectivity index (χ2v) is 7.44. The first-order chi connectivity index (χ1) is 13.4. The molecule has 1 saturated heterocycles. The summed E-state index contributed by atoms with van der Waals surface area (Å²) in [5, 5.41) is 2.76. The molecule has 4 N–H and O–H groups in total. The number of likely N-dealkylation sites (tertiary alicyclic amines) is 1. The van der Waals surface area contributed by atoms with Gasteiger partial charge >= 0.3 is 0 Å². The zero-order valence-corrected chi connectivity index (χ0v) is 16.4. The fourth-order valence-corrected chi connectivity index (χ4v) is 3.76. The molecule has 1 aliphatic heterocycles. The van der Waals surface area contributed by atoms with Gasteiger partial charge in [0.05, 0.1) is 24.0 Å². The Morgan fingerprint density at radius 3 is 2.93 bits per heavy atom. The number of rotatable bonds is 6. The van der Waals surface area contributed by atoms with Crippen LogP contribution >= 0.6 is 0 Å². The largest absolute Gasteiger partial charge is 0.345 e. The maximum Gasteiger partial charge on any atom is 0.238 e. The molecule has 1 fully saturated rings. The molecule has 0 spiro atoms. The van der Waals surface area contributed by atoms with Crippen molar-refractivity contribution >= 4 is 22.8 Å². The number of piperidine rings is 1. The molecule has 0 bridgehead atoms. The van der Waals surface area contributed by atoms with E-state index in [4.69, 9.17) is 5.73 Å². The Kier molecular flexibility index (Phi) is 6.28. The Morgan fingerprint density at radius 2 is 2.21 bits per heavy atom. The van der Waals surface area contributed by atoms with Gasteiger partial charge in [0.1, 0.15) is 11.3 Å². The minimum Gasteiger partial charge on any atom is -0.345 e. The van der Waals surface area contributed by atoms with Crippen LogP contribution in [-0.4, -0.2) is 45.3 Å². The summed E-state index contributed by atoms with van der Waals surface area (Å²) >= 11 is 0. The molecule has 152 valence electrons. The van der Waals surface area contributed by atoms with Crippen molar-refractivity contribution in [3.63, 3.8) is 0 Å². The molecule has 8 heteroatoms. The second kappa shape index (κ2) is 8.68. The standard InChI is InChI=1S/C20H28FN5O2/c1-3-13-7-4-5-10-26(13)17(27)11-15(22)20(28)23-12(2)19-24-16-9-6-8-14(21)18(16)25-19/h6,8-9,12-13,15H,3-5,7,10-11,22H2,1-2H3,(H,23,28)(H,24,25)/t12-,13?,15?/m0/s1. The van der Waals surface area contributed by atoms with Crippen molar-refractivity contribution in [3.05, 3.63) is 29.8 Å². The van der Waals surface area contributed by atoms with Gasteiger partial charge in [-0.1, -0.05) is 13.0 Å². The van der Waals surface area contributed by atoms with E-state index in [1.807, 2.05) is 4.90 Å². The highest BCUT2D eigenvalue weighted by Gasteiger charge is 2.28. The van der Waals surface area contributed by atoms with Gasteiger partial charge in [-0.15, -0.1) is 0 Å². The first-order valence-electron chi connectivity index (χ1n) is 9.90. The van der Waals surface area contributed by atoms with E-state index in [0.717, 1.165) is 32.2 Å². The van der Waals surface area contributed by atoms with E-state index in [0.29, 0.717) is 11.3 Å². The average molecular weight is 389 g/mol. The first-order valence-corrected chi connectivity index (χ1v) is 9.90. The zero-order valence-electron chi connectivity index (χ0n) is 16.4. The highest BCUT2D eigenvalue weighted by molar-refractivity contribution is 5.88. The number of aromatic nitrogens is 2. The van der Waals surface area contributed by atoms with Crippen molar-refractivity contribution in [3.8, 4) is 0 Å². The van der Waals surface area contributed by atoms with Crippen molar-refractivity contribution < 1.29 is 14.0 Å². The van der Waals surface area contributed by atoms with Gasteiger partial charge in [0, 0.05) is 12.6 Å². The van der Waals surface area contributed by atoms with Crippen LogP contribution in [0.1, 0.15) is 57.8 Å². The smallest absolute Gasteiger partial charge is 0.238 e. The van der Waals surface area contributed by atoms with Gasteiger partial charge in [-0.2, -0.15) is 0 Å². The van der Waals surface area contributed by atoms with E-state index in [9.17, 15) is 14.0 Å². The molecule has 3 rings (SSSR count).